The fraction of sp³-hybridized carbons (Fsp3) is 0.297. The molecule has 2 aliphatic heterocycles. The first-order valence-electron chi connectivity index (χ1n) is 16.1. The number of benzene rings is 4. The Hall–Kier alpha value is -4.52. The second-order valence-corrected chi connectivity index (χ2v) is 13.1. The quantitative estimate of drug-likeness (QED) is 0.192. The molecule has 13 heteroatoms. The Kier molecular flexibility index (Phi) is 11.4. The summed E-state index contributed by atoms with van der Waals surface area (Å²) in [5, 5.41) is 5.26. The maximum absolute atomic E-state index is 13.5. The van der Waals surface area contributed by atoms with Gasteiger partial charge < -0.3 is 20.4 Å². The van der Waals surface area contributed by atoms with Crippen molar-refractivity contribution in [2.24, 2.45) is 0 Å². The van der Waals surface area contributed by atoms with E-state index >= 15 is 0 Å². The molecule has 2 fully saturated rings. The molecule has 50 heavy (non-hydrogen) atoms. The molecule has 0 bridgehead atoms. The molecule has 2 N–H and O–H groups in total. The average molecular weight is 762 g/mol. The minimum atomic E-state index is -4.51. The number of amides is 2. The van der Waals surface area contributed by atoms with E-state index in [1.54, 1.807) is 52.3 Å². The third-order valence-electron chi connectivity index (χ3n) is 8.38. The van der Waals surface area contributed by atoms with Crippen LogP contribution < -0.4 is 20.4 Å². The summed E-state index contributed by atoms with van der Waals surface area (Å²) in [6, 6.07) is 21.6. The number of carbonyl (C=O) groups excluding carboxylic acids is 2. The lowest BCUT2D eigenvalue weighted by Crippen LogP contribution is -2.23. The van der Waals surface area contributed by atoms with Crippen LogP contribution in [0.25, 0.3) is 0 Å². The minimum Gasteiger partial charge on any atom is -0.371 e. The topological polar surface area (TPSA) is 64.7 Å². The zero-order valence-electron chi connectivity index (χ0n) is 27.1. The Morgan fingerprint density at radius 3 is 1.42 bits per heavy atom. The van der Waals surface area contributed by atoms with Crippen LogP contribution in [0.1, 0.15) is 63.1 Å². The number of hydrogen-bond acceptors (Lipinski definition) is 4. The van der Waals surface area contributed by atoms with E-state index in [0.29, 0.717) is 37.6 Å². The fourth-order valence-electron chi connectivity index (χ4n) is 5.97. The number of alkyl halides is 6. The third kappa shape index (κ3) is 9.38. The summed E-state index contributed by atoms with van der Waals surface area (Å²) in [5.41, 5.74) is 0.771. The summed E-state index contributed by atoms with van der Waals surface area (Å²) in [5.74, 6) is -1.12. The molecule has 0 spiro atoms. The highest BCUT2D eigenvalue weighted by molar-refractivity contribution is 9.10. The second kappa shape index (κ2) is 15.6. The van der Waals surface area contributed by atoms with Crippen molar-refractivity contribution in [3.05, 3.63) is 117 Å². The van der Waals surface area contributed by atoms with Gasteiger partial charge in [-0.25, -0.2) is 0 Å². The second-order valence-electron chi connectivity index (χ2n) is 12.1. The van der Waals surface area contributed by atoms with Gasteiger partial charge in [-0.3, -0.25) is 9.59 Å². The van der Waals surface area contributed by atoms with Crippen LogP contribution in [-0.2, 0) is 12.4 Å². The third-order valence-corrected chi connectivity index (χ3v) is 8.87. The molecule has 0 aliphatic carbocycles. The van der Waals surface area contributed by atoms with Crippen LogP contribution in [0.3, 0.4) is 0 Å². The molecule has 0 saturated carbocycles. The maximum Gasteiger partial charge on any atom is 0.418 e. The highest BCUT2D eigenvalue weighted by Crippen LogP contribution is 2.40. The first-order chi connectivity index (χ1) is 23.7. The smallest absolute Gasteiger partial charge is 0.371 e. The first kappa shape index (κ1) is 36.8. The van der Waals surface area contributed by atoms with Gasteiger partial charge in [0.05, 0.1) is 11.1 Å². The summed E-state index contributed by atoms with van der Waals surface area (Å²) < 4.78 is 81.6. The van der Waals surface area contributed by atoms with Crippen LogP contribution in [0.5, 0.6) is 0 Å². The van der Waals surface area contributed by atoms with Crippen LogP contribution in [-0.4, -0.2) is 38.0 Å². The molecule has 2 heterocycles. The van der Waals surface area contributed by atoms with Gasteiger partial charge in [-0.05, 0) is 105 Å². The van der Waals surface area contributed by atoms with E-state index in [-0.39, 0.29) is 22.5 Å². The summed E-state index contributed by atoms with van der Waals surface area (Å²) >= 11 is 3.29. The van der Waals surface area contributed by atoms with Crippen molar-refractivity contribution >= 4 is 50.5 Å². The van der Waals surface area contributed by atoms with Crippen LogP contribution in [0.15, 0.2) is 89.4 Å². The molecule has 0 atom stereocenters. The number of hydrogen-bond donors (Lipinski definition) is 2. The lowest BCUT2D eigenvalue weighted by molar-refractivity contribution is -0.138. The number of anilines is 4. The van der Waals surface area contributed by atoms with E-state index in [4.69, 9.17) is 0 Å². The summed E-state index contributed by atoms with van der Waals surface area (Å²) in [6.07, 6.45) is -5.49. The summed E-state index contributed by atoms with van der Waals surface area (Å²) in [7, 11) is 0. The maximum atomic E-state index is 13.5. The predicted octanol–water partition coefficient (Wildman–Crippen LogP) is 10.2. The molecule has 2 amide bonds. The zero-order valence-corrected chi connectivity index (χ0v) is 28.7. The Balaban J connectivity index is 0.000000194. The number of nitrogens with one attached hydrogen (secondary N) is 2. The predicted molar refractivity (Wildman–Crippen MR) is 187 cm³/mol. The van der Waals surface area contributed by atoms with E-state index in [9.17, 15) is 35.9 Å². The molecule has 6 rings (SSSR count). The number of halogens is 7. The van der Waals surface area contributed by atoms with Crippen LogP contribution in [0.4, 0.5) is 49.1 Å². The van der Waals surface area contributed by atoms with E-state index < -0.39 is 35.3 Å². The largest absolute Gasteiger partial charge is 0.418 e. The zero-order chi connectivity index (χ0) is 36.1. The number of aryl methyl sites for hydroxylation is 1. The molecule has 4 aromatic rings. The van der Waals surface area contributed by atoms with Gasteiger partial charge in [0.25, 0.3) is 11.8 Å². The lowest BCUT2D eigenvalue weighted by Gasteiger charge is -2.23. The minimum absolute atomic E-state index is 0.00298. The van der Waals surface area contributed by atoms with Gasteiger partial charge in [-0.2, -0.15) is 26.3 Å². The molecule has 264 valence electrons. The van der Waals surface area contributed by atoms with Crippen molar-refractivity contribution in [3.8, 4) is 0 Å². The van der Waals surface area contributed by atoms with E-state index in [2.05, 4.69) is 26.6 Å². The van der Waals surface area contributed by atoms with Crippen LogP contribution in [0.2, 0.25) is 0 Å². The molecule has 0 unspecified atom stereocenters. The molecule has 6 nitrogen and oxygen atoms in total. The van der Waals surface area contributed by atoms with Gasteiger partial charge in [0.15, 0.2) is 0 Å². The number of nitrogens with zero attached hydrogens (tertiary/aromatic N) is 2. The van der Waals surface area contributed by atoms with Crippen molar-refractivity contribution in [2.75, 3.05) is 46.6 Å². The summed E-state index contributed by atoms with van der Waals surface area (Å²) in [4.78, 5) is 28.1. The molecular formula is C37H35BrF6N4O2. The SMILES string of the molecule is Cc1cccc(NC(=O)c2ccc(N3CCCC3)c(C(F)(F)F)c2)c1.O=C(Nc1cccc(Br)c1)c1ccc(N2CCCC2)c(C(F)(F)F)c1. The van der Waals surface area contributed by atoms with Gasteiger partial charge in [0, 0.05) is 64.5 Å². The number of rotatable bonds is 6. The van der Waals surface area contributed by atoms with Crippen LogP contribution >= 0.6 is 15.9 Å². The molecule has 0 radical (unpaired) electrons. The van der Waals surface area contributed by atoms with Gasteiger partial charge in [-0.1, -0.05) is 34.1 Å². The van der Waals surface area contributed by atoms with Crippen molar-refractivity contribution in [1.29, 1.82) is 0 Å². The Labute approximate surface area is 294 Å². The van der Waals surface area contributed by atoms with Gasteiger partial charge in [-0.15, -0.1) is 0 Å². The fourth-order valence-corrected chi connectivity index (χ4v) is 6.37. The van der Waals surface area contributed by atoms with Crippen molar-refractivity contribution in [1.82, 2.24) is 0 Å². The monoisotopic (exact) mass is 760 g/mol. The lowest BCUT2D eigenvalue weighted by atomic mass is 10.1. The van der Waals surface area contributed by atoms with Crippen molar-refractivity contribution < 1.29 is 35.9 Å². The highest BCUT2D eigenvalue weighted by Gasteiger charge is 2.37. The Morgan fingerprint density at radius 1 is 0.600 bits per heavy atom. The average Bonchev–Trinajstić information content (AvgIpc) is 3.80. The van der Waals surface area contributed by atoms with E-state index in [0.717, 1.165) is 47.9 Å². The highest BCUT2D eigenvalue weighted by atomic mass is 79.9. The normalized spacial score (nSPS) is 14.6. The molecule has 2 aliphatic rings. The molecule has 0 aromatic heterocycles. The standard InChI is InChI=1S/C19H19F3N2O.C18H16BrF3N2O/c1-13-5-4-6-15(11-13)23-18(25)14-7-8-17(24-9-2-3-10-24)16(12-14)19(20,21)22;19-13-4-3-5-14(11-13)23-17(25)12-6-7-16(24-8-1-2-9-24)15(10-12)18(20,21)22/h4-8,11-12H,2-3,9-10H2,1H3,(H,23,25);3-7,10-11H,1-2,8-9H2,(H,23,25). The molecule has 2 saturated heterocycles. The van der Waals surface area contributed by atoms with Crippen molar-refractivity contribution in [3.63, 3.8) is 0 Å². The van der Waals surface area contributed by atoms with Gasteiger partial charge >= 0.3 is 12.4 Å². The van der Waals surface area contributed by atoms with Crippen LogP contribution in [0, 0.1) is 6.92 Å². The molecule has 4 aromatic carbocycles. The molecular weight excluding hydrogens is 726 g/mol. The first-order valence-corrected chi connectivity index (χ1v) is 16.9. The Morgan fingerprint density at radius 2 is 1.02 bits per heavy atom. The number of carbonyl (C=O) groups is 2. The Bertz CT molecular complexity index is 1700. The summed E-state index contributed by atoms with van der Waals surface area (Å²) in [6.45, 7) is 4.30. The van der Waals surface area contributed by atoms with Gasteiger partial charge in [0.2, 0.25) is 0 Å². The van der Waals surface area contributed by atoms with Gasteiger partial charge in [0.1, 0.15) is 0 Å². The van der Waals surface area contributed by atoms with Crippen molar-refractivity contribution in [2.45, 2.75) is 45.0 Å². The van der Waals surface area contributed by atoms with E-state index in [1.165, 1.54) is 24.3 Å². The van der Waals surface area contributed by atoms with E-state index in [1.807, 2.05) is 13.0 Å².